The molecule has 1 aromatic heterocycles. The number of benzene rings is 1. The van der Waals surface area contributed by atoms with E-state index in [2.05, 4.69) is 43.1 Å². The van der Waals surface area contributed by atoms with Crippen molar-refractivity contribution in [2.24, 2.45) is 0 Å². The standard InChI is InChI=1S/C18H26N2O/c1-13(2)20-10-8-15(9-11-20)19-12-17-14(3)21-18-7-5-4-6-16(17)18/h4-7,13,15,19H,8-12H2,1-3H3. The molecule has 1 saturated heterocycles. The minimum Gasteiger partial charge on any atom is -0.461 e. The Morgan fingerprint density at radius 3 is 2.67 bits per heavy atom. The molecule has 0 saturated carbocycles. The molecule has 0 atom stereocenters. The SMILES string of the molecule is Cc1oc2ccccc2c1CNC1CCN(C(C)C)CC1. The number of nitrogens with zero attached hydrogens (tertiary/aromatic N) is 1. The summed E-state index contributed by atoms with van der Waals surface area (Å²) in [6, 6.07) is 9.63. The molecule has 3 nitrogen and oxygen atoms in total. The second-order valence-corrected chi connectivity index (χ2v) is 6.42. The van der Waals surface area contributed by atoms with Crippen LogP contribution in [0.4, 0.5) is 0 Å². The molecule has 3 heteroatoms. The largest absolute Gasteiger partial charge is 0.461 e. The van der Waals surface area contributed by atoms with Crippen LogP contribution in [0.25, 0.3) is 11.0 Å². The van der Waals surface area contributed by atoms with Crippen LogP contribution in [-0.2, 0) is 6.54 Å². The van der Waals surface area contributed by atoms with Gasteiger partial charge < -0.3 is 14.6 Å². The third kappa shape index (κ3) is 3.14. The maximum absolute atomic E-state index is 5.84. The Morgan fingerprint density at radius 2 is 1.95 bits per heavy atom. The average Bonchev–Trinajstić information content (AvgIpc) is 2.81. The average molecular weight is 286 g/mol. The fourth-order valence-corrected chi connectivity index (χ4v) is 3.31. The van der Waals surface area contributed by atoms with Gasteiger partial charge in [-0.2, -0.15) is 0 Å². The van der Waals surface area contributed by atoms with E-state index in [1.165, 1.54) is 36.9 Å². The van der Waals surface area contributed by atoms with Crippen molar-refractivity contribution in [2.45, 2.75) is 52.2 Å². The van der Waals surface area contributed by atoms with Crippen LogP contribution < -0.4 is 5.32 Å². The fourth-order valence-electron chi connectivity index (χ4n) is 3.31. The van der Waals surface area contributed by atoms with Crippen LogP contribution in [0.2, 0.25) is 0 Å². The van der Waals surface area contributed by atoms with E-state index in [0.29, 0.717) is 12.1 Å². The highest BCUT2D eigenvalue weighted by Crippen LogP contribution is 2.25. The molecule has 1 aromatic carbocycles. The van der Waals surface area contributed by atoms with Crippen molar-refractivity contribution in [3.63, 3.8) is 0 Å². The predicted octanol–water partition coefficient (Wildman–Crippen LogP) is 3.70. The van der Waals surface area contributed by atoms with Crippen LogP contribution in [0.5, 0.6) is 0 Å². The summed E-state index contributed by atoms with van der Waals surface area (Å²) >= 11 is 0. The van der Waals surface area contributed by atoms with Gasteiger partial charge in [-0.25, -0.2) is 0 Å². The number of hydrogen-bond donors (Lipinski definition) is 1. The first-order chi connectivity index (χ1) is 10.1. The zero-order valence-corrected chi connectivity index (χ0v) is 13.4. The van der Waals surface area contributed by atoms with Gasteiger partial charge in [0.05, 0.1) is 0 Å². The van der Waals surface area contributed by atoms with Gasteiger partial charge in [-0.3, -0.25) is 0 Å². The number of likely N-dealkylation sites (tertiary alicyclic amines) is 1. The van der Waals surface area contributed by atoms with E-state index in [4.69, 9.17) is 4.42 Å². The molecule has 1 N–H and O–H groups in total. The Kier molecular flexibility index (Phi) is 4.32. The number of furan rings is 1. The van der Waals surface area contributed by atoms with Crippen LogP contribution in [-0.4, -0.2) is 30.1 Å². The lowest BCUT2D eigenvalue weighted by molar-refractivity contribution is 0.161. The predicted molar refractivity (Wildman–Crippen MR) is 87.5 cm³/mol. The van der Waals surface area contributed by atoms with Crippen molar-refractivity contribution < 1.29 is 4.42 Å². The van der Waals surface area contributed by atoms with Crippen LogP contribution in [0.1, 0.15) is 38.0 Å². The van der Waals surface area contributed by atoms with Gasteiger partial charge in [0, 0.05) is 29.6 Å². The van der Waals surface area contributed by atoms with Crippen molar-refractivity contribution >= 4 is 11.0 Å². The summed E-state index contributed by atoms with van der Waals surface area (Å²) in [5.74, 6) is 1.04. The van der Waals surface area contributed by atoms with E-state index >= 15 is 0 Å². The molecule has 1 aliphatic rings. The Balaban J connectivity index is 1.61. The fraction of sp³-hybridized carbons (Fsp3) is 0.556. The molecule has 1 aliphatic heterocycles. The molecular weight excluding hydrogens is 260 g/mol. The van der Waals surface area contributed by atoms with E-state index in [1.807, 2.05) is 12.1 Å². The van der Waals surface area contributed by atoms with E-state index in [9.17, 15) is 0 Å². The number of fused-ring (bicyclic) bond motifs is 1. The van der Waals surface area contributed by atoms with Crippen LogP contribution in [0.3, 0.4) is 0 Å². The smallest absolute Gasteiger partial charge is 0.134 e. The molecule has 2 heterocycles. The van der Waals surface area contributed by atoms with Crippen molar-refractivity contribution in [2.75, 3.05) is 13.1 Å². The zero-order chi connectivity index (χ0) is 14.8. The van der Waals surface area contributed by atoms with Gasteiger partial charge in [-0.05, 0) is 52.8 Å². The van der Waals surface area contributed by atoms with Gasteiger partial charge in [-0.15, -0.1) is 0 Å². The van der Waals surface area contributed by atoms with Gasteiger partial charge in [0.1, 0.15) is 11.3 Å². The quantitative estimate of drug-likeness (QED) is 0.929. The molecule has 1 fully saturated rings. The number of rotatable bonds is 4. The van der Waals surface area contributed by atoms with Crippen molar-refractivity contribution in [1.29, 1.82) is 0 Å². The lowest BCUT2D eigenvalue weighted by Crippen LogP contribution is -2.44. The summed E-state index contributed by atoms with van der Waals surface area (Å²) in [4.78, 5) is 2.57. The summed E-state index contributed by atoms with van der Waals surface area (Å²) in [6.45, 7) is 9.97. The molecular formula is C18H26N2O. The summed E-state index contributed by atoms with van der Waals surface area (Å²) in [5.41, 5.74) is 2.32. The van der Waals surface area contributed by atoms with E-state index in [1.54, 1.807) is 0 Å². The van der Waals surface area contributed by atoms with Gasteiger partial charge >= 0.3 is 0 Å². The zero-order valence-electron chi connectivity index (χ0n) is 13.4. The topological polar surface area (TPSA) is 28.4 Å². The van der Waals surface area contributed by atoms with Gasteiger partial charge in [-0.1, -0.05) is 18.2 Å². The highest BCUT2D eigenvalue weighted by Gasteiger charge is 2.21. The molecule has 21 heavy (non-hydrogen) atoms. The number of para-hydroxylation sites is 1. The molecule has 0 radical (unpaired) electrons. The summed E-state index contributed by atoms with van der Waals surface area (Å²) in [6.07, 6.45) is 2.49. The summed E-state index contributed by atoms with van der Waals surface area (Å²) in [7, 11) is 0. The Bertz CT molecular complexity index is 594. The van der Waals surface area contributed by atoms with Crippen LogP contribution in [0.15, 0.2) is 28.7 Å². The number of piperidine rings is 1. The maximum Gasteiger partial charge on any atom is 0.134 e. The molecule has 2 aromatic rings. The van der Waals surface area contributed by atoms with Gasteiger partial charge in [0.2, 0.25) is 0 Å². The lowest BCUT2D eigenvalue weighted by Gasteiger charge is -2.35. The highest BCUT2D eigenvalue weighted by atomic mass is 16.3. The molecule has 0 bridgehead atoms. The Labute approximate surface area is 127 Å². The monoisotopic (exact) mass is 286 g/mol. The van der Waals surface area contributed by atoms with E-state index in [-0.39, 0.29) is 0 Å². The number of hydrogen-bond acceptors (Lipinski definition) is 3. The number of aryl methyl sites for hydroxylation is 1. The maximum atomic E-state index is 5.84. The molecule has 0 amide bonds. The summed E-state index contributed by atoms with van der Waals surface area (Å²) in [5, 5.41) is 4.98. The van der Waals surface area contributed by atoms with Gasteiger partial charge in [0.15, 0.2) is 0 Å². The molecule has 0 aliphatic carbocycles. The lowest BCUT2D eigenvalue weighted by atomic mass is 10.0. The minimum atomic E-state index is 0.632. The van der Waals surface area contributed by atoms with Crippen molar-refractivity contribution in [3.05, 3.63) is 35.6 Å². The first-order valence-corrected chi connectivity index (χ1v) is 8.09. The van der Waals surface area contributed by atoms with Crippen molar-refractivity contribution in [1.82, 2.24) is 10.2 Å². The third-order valence-corrected chi connectivity index (χ3v) is 4.73. The van der Waals surface area contributed by atoms with E-state index in [0.717, 1.165) is 17.9 Å². The normalized spacial score (nSPS) is 17.9. The highest BCUT2D eigenvalue weighted by molar-refractivity contribution is 5.82. The first kappa shape index (κ1) is 14.6. The Hall–Kier alpha value is -1.32. The van der Waals surface area contributed by atoms with E-state index < -0.39 is 0 Å². The molecule has 0 unspecified atom stereocenters. The first-order valence-electron chi connectivity index (χ1n) is 8.09. The van der Waals surface area contributed by atoms with Crippen LogP contribution in [0, 0.1) is 6.92 Å². The second-order valence-electron chi connectivity index (χ2n) is 6.42. The molecule has 114 valence electrons. The van der Waals surface area contributed by atoms with Crippen LogP contribution >= 0.6 is 0 Å². The molecule has 0 spiro atoms. The number of nitrogens with one attached hydrogen (secondary N) is 1. The minimum absolute atomic E-state index is 0.632. The second kappa shape index (κ2) is 6.20. The van der Waals surface area contributed by atoms with Gasteiger partial charge in [0.25, 0.3) is 0 Å². The van der Waals surface area contributed by atoms with Crippen molar-refractivity contribution in [3.8, 4) is 0 Å². The molecule has 3 rings (SSSR count). The summed E-state index contributed by atoms with van der Waals surface area (Å²) < 4.78 is 5.84. The third-order valence-electron chi connectivity index (χ3n) is 4.73. The Morgan fingerprint density at radius 1 is 1.24 bits per heavy atom.